The molecule has 3 saturated heterocycles. The minimum absolute atomic E-state index is 0.0402. The maximum Gasteiger partial charge on any atom is 0.415 e. The van der Waals surface area contributed by atoms with Gasteiger partial charge in [-0.3, -0.25) is 29.2 Å². The van der Waals surface area contributed by atoms with Crippen molar-refractivity contribution in [3.05, 3.63) is 118 Å². The third-order valence-electron chi connectivity index (χ3n) is 9.71. The summed E-state index contributed by atoms with van der Waals surface area (Å²) in [6.45, 7) is 5.04. The number of ether oxygens (including phenoxy) is 3. The molecule has 4 aromatic carbocycles. The number of nitrogens with one attached hydrogen (secondary N) is 1. The van der Waals surface area contributed by atoms with Gasteiger partial charge in [0, 0.05) is 17.3 Å². The molecule has 4 aromatic rings. The Hall–Kier alpha value is -4.35. The highest BCUT2D eigenvalue weighted by Crippen LogP contribution is 2.32. The lowest BCUT2D eigenvalue weighted by atomic mass is 10.0. The number of halogens is 6. The van der Waals surface area contributed by atoms with Crippen LogP contribution in [0.1, 0.15) is 41.0 Å². The molecule has 6 N–H and O–H groups in total. The number of hydrogen-bond donors (Lipinski definition) is 4. The molecule has 0 saturated carbocycles. The van der Waals surface area contributed by atoms with Crippen LogP contribution >= 0.6 is 67.8 Å². The first-order valence-electron chi connectivity index (χ1n) is 18.5. The molecule has 4 heterocycles. The van der Waals surface area contributed by atoms with Gasteiger partial charge in [0.15, 0.2) is 0 Å². The summed E-state index contributed by atoms with van der Waals surface area (Å²) < 4.78 is 57.6. The van der Waals surface area contributed by atoms with E-state index in [0.717, 1.165) is 11.3 Å². The summed E-state index contributed by atoms with van der Waals surface area (Å²) in [5, 5.41) is 7.10. The van der Waals surface area contributed by atoms with Gasteiger partial charge >= 0.3 is 18.3 Å². The molecule has 4 aliphatic heterocycles. The number of imide groups is 1. The van der Waals surface area contributed by atoms with E-state index < -0.39 is 47.6 Å². The number of carbonyl (C=O) groups excluding carboxylic acids is 5. The van der Waals surface area contributed by atoms with Gasteiger partial charge in [-0.15, -0.1) is 5.59 Å². The lowest BCUT2D eigenvalue weighted by molar-refractivity contribution is 0.0558. The molecular formula is C40H39F3I3N7O9. The van der Waals surface area contributed by atoms with Crippen LogP contribution in [0.5, 0.6) is 0 Å². The highest BCUT2D eigenvalue weighted by atomic mass is 127. The van der Waals surface area contributed by atoms with Crippen LogP contribution in [0.4, 0.5) is 44.6 Å². The Morgan fingerprint density at radius 2 is 1.11 bits per heavy atom. The summed E-state index contributed by atoms with van der Waals surface area (Å²) >= 11 is 5.67. The van der Waals surface area contributed by atoms with Crippen LogP contribution in [-0.4, -0.2) is 90.7 Å². The number of nitrogens with two attached hydrogens (primary N) is 2. The summed E-state index contributed by atoms with van der Waals surface area (Å²) in [5.41, 5.74) is 8.30. The average molecular weight is 1200 g/mol. The summed E-state index contributed by atoms with van der Waals surface area (Å²) in [7, 11) is 0. The van der Waals surface area contributed by atoms with Crippen molar-refractivity contribution in [1.82, 2.24) is 10.5 Å². The van der Waals surface area contributed by atoms with E-state index in [1.54, 1.807) is 60.7 Å². The lowest BCUT2D eigenvalue weighted by Gasteiger charge is -2.19. The van der Waals surface area contributed by atoms with E-state index in [4.69, 9.17) is 25.2 Å². The molecule has 0 spiro atoms. The van der Waals surface area contributed by atoms with Crippen LogP contribution < -0.4 is 31.9 Å². The molecule has 62 heavy (non-hydrogen) atoms. The number of hydrazine groups is 1. The molecule has 0 radical (unpaired) electrons. The van der Waals surface area contributed by atoms with E-state index in [9.17, 15) is 37.1 Å². The fourth-order valence-corrected chi connectivity index (χ4v) is 7.33. The number of anilines is 3. The van der Waals surface area contributed by atoms with Crippen LogP contribution in [0.3, 0.4) is 0 Å². The third-order valence-corrected chi connectivity index (χ3v) is 12.3. The number of carbonyl (C=O) groups is 5. The number of benzene rings is 4. The van der Waals surface area contributed by atoms with Gasteiger partial charge < -0.3 is 25.2 Å². The normalized spacial score (nSPS) is 20.1. The number of fused-ring (bicyclic) bond motifs is 1. The number of cyclic esters (lactones) is 3. The molecular weight excluding hydrogens is 1160 g/mol. The number of amides is 5. The average Bonchev–Trinajstić information content (AvgIpc) is 3.97. The summed E-state index contributed by atoms with van der Waals surface area (Å²) in [4.78, 5) is 65.4. The van der Waals surface area contributed by atoms with Gasteiger partial charge in [0.05, 0.1) is 54.4 Å². The molecule has 8 rings (SSSR count). The van der Waals surface area contributed by atoms with Crippen molar-refractivity contribution in [3.8, 4) is 0 Å². The van der Waals surface area contributed by atoms with Crippen LogP contribution in [-0.2, 0) is 14.2 Å². The summed E-state index contributed by atoms with van der Waals surface area (Å²) in [6, 6.07) is 20.4. The van der Waals surface area contributed by atoms with Gasteiger partial charge in [-0.25, -0.2) is 33.4 Å². The van der Waals surface area contributed by atoms with E-state index in [2.05, 4.69) is 5.84 Å². The van der Waals surface area contributed by atoms with E-state index in [-0.39, 0.29) is 37.4 Å². The Kier molecular flexibility index (Phi) is 16.8. The van der Waals surface area contributed by atoms with Crippen molar-refractivity contribution < 1.29 is 56.6 Å². The molecule has 5 amide bonds. The van der Waals surface area contributed by atoms with Crippen LogP contribution in [0.25, 0.3) is 0 Å². The van der Waals surface area contributed by atoms with Crippen molar-refractivity contribution in [2.24, 2.45) is 11.6 Å². The van der Waals surface area contributed by atoms with Crippen molar-refractivity contribution in [2.45, 2.75) is 38.1 Å². The highest BCUT2D eigenvalue weighted by molar-refractivity contribution is 14.1. The van der Waals surface area contributed by atoms with Crippen LogP contribution in [0, 0.1) is 28.2 Å². The number of hydrogen-bond acceptors (Lipinski definition) is 12. The SMILES string of the molecule is CC[C@@]1(C)CN(c2ccc(I)c(F)c2)C(=O)O1.NC[C@H]1CN(c2ccc(I)c(F)c2)C(=O)O1.NNO.O=C1c2ccccc2C(=O)N1C[C@H]1CN(c2ccc(I)c(F)c2)C(=O)O1. The van der Waals surface area contributed by atoms with Gasteiger partial charge in [0.2, 0.25) is 0 Å². The quantitative estimate of drug-likeness (QED) is 0.0478. The van der Waals surface area contributed by atoms with Crippen LogP contribution in [0.15, 0.2) is 78.9 Å². The predicted octanol–water partition coefficient (Wildman–Crippen LogP) is 7.16. The zero-order valence-electron chi connectivity index (χ0n) is 32.8. The Labute approximate surface area is 394 Å². The van der Waals surface area contributed by atoms with Crippen molar-refractivity contribution in [3.63, 3.8) is 0 Å². The second kappa shape index (κ2) is 21.3. The van der Waals surface area contributed by atoms with Gasteiger partial charge in [-0.1, -0.05) is 19.1 Å². The first-order chi connectivity index (χ1) is 29.4. The fourth-order valence-electron chi connectivity index (χ4n) is 6.33. The smallest absolute Gasteiger partial charge is 0.415 e. The van der Waals surface area contributed by atoms with Crippen molar-refractivity contribution in [1.29, 1.82) is 0 Å². The fraction of sp³-hybridized carbons (Fsp3) is 0.275. The first kappa shape index (κ1) is 48.7. The third kappa shape index (κ3) is 11.4. The topological polar surface area (TPSA) is 210 Å². The molecule has 330 valence electrons. The Morgan fingerprint density at radius 3 is 1.48 bits per heavy atom. The summed E-state index contributed by atoms with van der Waals surface area (Å²) in [6.07, 6.45) is -1.76. The minimum Gasteiger partial charge on any atom is -0.443 e. The zero-order valence-corrected chi connectivity index (χ0v) is 39.3. The standard InChI is InChI=1S/C18H12FIN2O4.C12H13FINO2.C10H10FIN2O2.H4N2O/c19-14-7-10(5-6-15(14)20)21-8-11(26-18(21)25)9-22-16(23)12-3-1-2-4-13(12)17(22)24;1-3-12(2)7-15(11(16)17-12)8-4-5-10(14)9(13)6-8;11-8-3-6(1-2-9(8)12)14-5-7(4-13)16-10(14)15;1-2-3/h1-7,11H,8-9H2;4-6H,3,7H2,1-2H3;1-3,7H,4-5,13H2;2-3H,1H2/t11-;12-;7-;/m100./s1. The van der Waals surface area contributed by atoms with Gasteiger partial charge in [0.25, 0.3) is 11.8 Å². The Bertz CT molecular complexity index is 2320. The monoisotopic (exact) mass is 1200 g/mol. The van der Waals surface area contributed by atoms with E-state index in [0.29, 0.717) is 52.0 Å². The molecule has 0 unspecified atom stereocenters. The Balaban J connectivity index is 0.000000177. The Morgan fingerprint density at radius 1 is 0.710 bits per heavy atom. The maximum absolute atomic E-state index is 13.8. The largest absolute Gasteiger partial charge is 0.443 e. The molecule has 3 atom stereocenters. The van der Waals surface area contributed by atoms with Crippen molar-refractivity contribution in [2.75, 3.05) is 47.4 Å². The van der Waals surface area contributed by atoms with Gasteiger partial charge in [0.1, 0.15) is 35.3 Å². The summed E-state index contributed by atoms with van der Waals surface area (Å²) in [5.74, 6) is 2.25. The number of rotatable bonds is 7. The van der Waals surface area contributed by atoms with E-state index >= 15 is 0 Å². The highest BCUT2D eigenvalue weighted by Gasteiger charge is 2.42. The molecule has 3 fully saturated rings. The van der Waals surface area contributed by atoms with Gasteiger partial charge in [-0.2, -0.15) is 0 Å². The zero-order chi connectivity index (χ0) is 45.5. The molecule has 0 aromatic heterocycles. The molecule has 0 bridgehead atoms. The van der Waals surface area contributed by atoms with E-state index in [1.807, 2.05) is 81.6 Å². The molecule has 0 aliphatic carbocycles. The lowest BCUT2D eigenvalue weighted by Crippen LogP contribution is -2.38. The van der Waals surface area contributed by atoms with Gasteiger partial charge in [-0.05, 0) is 148 Å². The maximum atomic E-state index is 13.8. The van der Waals surface area contributed by atoms with E-state index in [1.165, 1.54) is 38.5 Å². The molecule has 16 nitrogen and oxygen atoms in total. The molecule has 4 aliphatic rings. The molecule has 22 heteroatoms. The minimum atomic E-state index is -0.674. The first-order valence-corrected chi connectivity index (χ1v) is 21.7. The van der Waals surface area contributed by atoms with Crippen LogP contribution in [0.2, 0.25) is 0 Å². The van der Waals surface area contributed by atoms with Crippen molar-refractivity contribution >= 4 is 115 Å². The number of nitrogens with zero attached hydrogens (tertiary/aromatic N) is 4. The second-order valence-corrected chi connectivity index (χ2v) is 17.4. The second-order valence-electron chi connectivity index (χ2n) is 13.9. The predicted molar refractivity (Wildman–Crippen MR) is 245 cm³/mol.